The Morgan fingerprint density at radius 1 is 1.08 bits per heavy atom. The molecule has 132 valence electrons. The molecule has 0 spiro atoms. The summed E-state index contributed by atoms with van der Waals surface area (Å²) in [6.07, 6.45) is 4.31. The molecular weight excluding hydrogens is 326 g/mol. The number of amides is 1. The van der Waals surface area contributed by atoms with Crippen molar-refractivity contribution in [3.63, 3.8) is 0 Å². The number of pyridine rings is 1. The predicted octanol–water partition coefficient (Wildman–Crippen LogP) is 3.61. The van der Waals surface area contributed by atoms with E-state index in [1.54, 1.807) is 18.5 Å². The number of hydrogen-bond donors (Lipinski definition) is 2. The van der Waals surface area contributed by atoms with Crippen molar-refractivity contribution in [2.45, 2.75) is 26.8 Å². The van der Waals surface area contributed by atoms with E-state index < -0.39 is 0 Å². The molecule has 0 aliphatic rings. The van der Waals surface area contributed by atoms with Crippen molar-refractivity contribution < 1.29 is 4.79 Å². The summed E-state index contributed by atoms with van der Waals surface area (Å²) in [6.45, 7) is 4.46. The molecule has 2 aromatic heterocycles. The minimum atomic E-state index is -0.247. The highest BCUT2D eigenvalue weighted by Gasteiger charge is 2.12. The van der Waals surface area contributed by atoms with Gasteiger partial charge in [-0.1, -0.05) is 25.1 Å². The van der Waals surface area contributed by atoms with Crippen LogP contribution in [0.5, 0.6) is 0 Å². The minimum Gasteiger partial charge on any atom is -0.350 e. The van der Waals surface area contributed by atoms with Crippen molar-refractivity contribution in [2.24, 2.45) is 0 Å². The number of hydrogen-bond acceptors (Lipinski definition) is 5. The highest BCUT2D eigenvalue weighted by Crippen LogP contribution is 2.17. The highest BCUT2D eigenvalue weighted by molar-refractivity contribution is 6.03. The number of nitrogens with one attached hydrogen (secondary N) is 2. The molecule has 6 heteroatoms. The summed E-state index contributed by atoms with van der Waals surface area (Å²) < 4.78 is 0. The highest BCUT2D eigenvalue weighted by atomic mass is 16.1. The fraction of sp³-hybridized carbons (Fsp3) is 0.200. The van der Waals surface area contributed by atoms with Crippen LogP contribution in [0.1, 0.15) is 34.2 Å². The number of rotatable bonds is 6. The zero-order chi connectivity index (χ0) is 18.4. The Labute approximate surface area is 152 Å². The lowest BCUT2D eigenvalue weighted by Gasteiger charge is -2.11. The molecule has 0 saturated heterocycles. The van der Waals surface area contributed by atoms with Gasteiger partial charge in [0, 0.05) is 30.3 Å². The van der Waals surface area contributed by atoms with Crippen LogP contribution in [-0.4, -0.2) is 20.9 Å². The third-order valence-corrected chi connectivity index (χ3v) is 3.93. The van der Waals surface area contributed by atoms with Crippen molar-refractivity contribution in [1.82, 2.24) is 15.0 Å². The Bertz CT molecular complexity index is 896. The van der Waals surface area contributed by atoms with E-state index in [9.17, 15) is 4.79 Å². The van der Waals surface area contributed by atoms with Crippen LogP contribution in [0.15, 0.2) is 54.9 Å². The van der Waals surface area contributed by atoms with Gasteiger partial charge in [0.2, 0.25) is 5.95 Å². The minimum absolute atomic E-state index is 0.247. The molecule has 0 aliphatic heterocycles. The Balaban J connectivity index is 1.75. The maximum atomic E-state index is 12.6. The number of aryl methyl sites for hydroxylation is 2. The first-order valence-corrected chi connectivity index (χ1v) is 8.53. The molecule has 3 aromatic rings. The van der Waals surface area contributed by atoms with E-state index in [1.165, 1.54) is 0 Å². The van der Waals surface area contributed by atoms with E-state index in [2.05, 4.69) is 32.5 Å². The van der Waals surface area contributed by atoms with Crippen molar-refractivity contribution in [3.8, 4) is 0 Å². The summed E-state index contributed by atoms with van der Waals surface area (Å²) in [5.41, 5.74) is 4.02. The molecule has 2 heterocycles. The van der Waals surface area contributed by atoms with E-state index in [0.717, 1.165) is 28.9 Å². The Hall–Kier alpha value is -3.28. The van der Waals surface area contributed by atoms with Crippen LogP contribution in [0.2, 0.25) is 0 Å². The molecule has 0 unspecified atom stereocenters. The second-order valence-electron chi connectivity index (χ2n) is 5.89. The summed E-state index contributed by atoms with van der Waals surface area (Å²) in [5.74, 6) is 0.180. The van der Waals surface area contributed by atoms with Gasteiger partial charge in [0.05, 0.1) is 0 Å². The number of carbonyl (C=O) groups is 1. The van der Waals surface area contributed by atoms with Gasteiger partial charge < -0.3 is 10.6 Å². The molecule has 2 N–H and O–H groups in total. The van der Waals surface area contributed by atoms with Crippen LogP contribution in [0, 0.1) is 6.92 Å². The smallest absolute Gasteiger partial charge is 0.274 e. The molecule has 0 bridgehead atoms. The first kappa shape index (κ1) is 17.5. The van der Waals surface area contributed by atoms with E-state index in [-0.39, 0.29) is 5.91 Å². The number of nitrogens with zero attached hydrogens (tertiary/aromatic N) is 3. The second-order valence-corrected chi connectivity index (χ2v) is 5.89. The lowest BCUT2D eigenvalue weighted by Crippen LogP contribution is -2.17. The van der Waals surface area contributed by atoms with Crippen molar-refractivity contribution in [2.75, 3.05) is 10.6 Å². The average molecular weight is 347 g/mol. The van der Waals surface area contributed by atoms with Crippen LogP contribution in [-0.2, 0) is 13.0 Å². The molecule has 1 amide bonds. The lowest BCUT2D eigenvalue weighted by molar-refractivity contribution is 0.102. The zero-order valence-corrected chi connectivity index (χ0v) is 14.9. The van der Waals surface area contributed by atoms with Gasteiger partial charge in [-0.05, 0) is 48.7 Å². The van der Waals surface area contributed by atoms with Gasteiger partial charge in [0.1, 0.15) is 5.69 Å². The van der Waals surface area contributed by atoms with Crippen LogP contribution in [0.25, 0.3) is 0 Å². The third kappa shape index (κ3) is 4.42. The average Bonchev–Trinajstić information content (AvgIpc) is 2.67. The Kier molecular flexibility index (Phi) is 5.53. The molecule has 0 aliphatic carbocycles. The number of anilines is 2. The zero-order valence-electron chi connectivity index (χ0n) is 14.9. The quantitative estimate of drug-likeness (QED) is 0.712. The first-order chi connectivity index (χ1) is 12.7. The van der Waals surface area contributed by atoms with Gasteiger partial charge in [-0.2, -0.15) is 0 Å². The van der Waals surface area contributed by atoms with E-state index in [0.29, 0.717) is 18.2 Å². The maximum absolute atomic E-state index is 12.6. The molecule has 6 nitrogen and oxygen atoms in total. The predicted molar refractivity (Wildman–Crippen MR) is 102 cm³/mol. The molecule has 26 heavy (non-hydrogen) atoms. The molecule has 0 atom stereocenters. The number of aromatic nitrogens is 3. The molecule has 3 rings (SSSR count). The normalized spacial score (nSPS) is 10.4. The fourth-order valence-corrected chi connectivity index (χ4v) is 2.58. The number of carbonyl (C=O) groups excluding carboxylic acids is 1. The molecule has 0 saturated carbocycles. The number of para-hydroxylation sites is 1. The lowest BCUT2D eigenvalue weighted by atomic mass is 10.1. The fourth-order valence-electron chi connectivity index (χ4n) is 2.58. The topological polar surface area (TPSA) is 79.8 Å². The van der Waals surface area contributed by atoms with Crippen LogP contribution < -0.4 is 10.6 Å². The Morgan fingerprint density at radius 3 is 2.62 bits per heavy atom. The molecule has 1 aromatic carbocycles. The second kappa shape index (κ2) is 8.20. The van der Waals surface area contributed by atoms with Gasteiger partial charge in [0.25, 0.3) is 5.91 Å². The van der Waals surface area contributed by atoms with Crippen LogP contribution in [0.3, 0.4) is 0 Å². The summed E-state index contributed by atoms with van der Waals surface area (Å²) in [4.78, 5) is 25.3. The summed E-state index contributed by atoms with van der Waals surface area (Å²) in [7, 11) is 0. The largest absolute Gasteiger partial charge is 0.350 e. The van der Waals surface area contributed by atoms with Crippen LogP contribution in [0.4, 0.5) is 11.6 Å². The van der Waals surface area contributed by atoms with Crippen LogP contribution >= 0.6 is 0 Å². The number of benzene rings is 1. The van der Waals surface area contributed by atoms with Gasteiger partial charge in [-0.15, -0.1) is 0 Å². The van der Waals surface area contributed by atoms with Crippen molar-refractivity contribution >= 4 is 17.5 Å². The molecular formula is C20H21N5O. The summed E-state index contributed by atoms with van der Waals surface area (Å²) in [5, 5.41) is 6.09. The van der Waals surface area contributed by atoms with Crippen molar-refractivity contribution in [3.05, 3.63) is 77.4 Å². The SMILES string of the molecule is CCc1ccccc1NC(=O)c1cc(C)nc(NCc2ccncc2)n1. The summed E-state index contributed by atoms with van der Waals surface area (Å²) >= 11 is 0. The van der Waals surface area contributed by atoms with Gasteiger partial charge in [-0.3, -0.25) is 9.78 Å². The maximum Gasteiger partial charge on any atom is 0.274 e. The van der Waals surface area contributed by atoms with E-state index in [1.807, 2.05) is 43.3 Å². The standard InChI is InChI=1S/C20H21N5O/c1-3-16-6-4-5-7-17(16)24-19(26)18-12-14(2)23-20(25-18)22-13-15-8-10-21-11-9-15/h4-12H,3,13H2,1-2H3,(H,24,26)(H,22,23,25). The monoisotopic (exact) mass is 347 g/mol. The Morgan fingerprint density at radius 2 is 1.85 bits per heavy atom. The third-order valence-electron chi connectivity index (χ3n) is 3.93. The van der Waals surface area contributed by atoms with Crippen molar-refractivity contribution in [1.29, 1.82) is 0 Å². The first-order valence-electron chi connectivity index (χ1n) is 8.53. The van der Waals surface area contributed by atoms with E-state index in [4.69, 9.17) is 0 Å². The summed E-state index contributed by atoms with van der Waals surface area (Å²) in [6, 6.07) is 13.3. The van der Waals surface area contributed by atoms with Gasteiger partial charge >= 0.3 is 0 Å². The molecule has 0 radical (unpaired) electrons. The molecule has 0 fully saturated rings. The van der Waals surface area contributed by atoms with Gasteiger partial charge in [-0.25, -0.2) is 9.97 Å². The van der Waals surface area contributed by atoms with Gasteiger partial charge in [0.15, 0.2) is 0 Å². The van der Waals surface area contributed by atoms with E-state index >= 15 is 0 Å².